The molecular formula is C24H24N2O3S3. The highest BCUT2D eigenvalue weighted by Gasteiger charge is 2.55. The van der Waals surface area contributed by atoms with Gasteiger partial charge < -0.3 is 10.1 Å². The first-order valence-corrected chi connectivity index (χ1v) is 13.6. The van der Waals surface area contributed by atoms with Crippen LogP contribution in [0.15, 0.2) is 51.6 Å². The van der Waals surface area contributed by atoms with Crippen molar-refractivity contribution in [2.24, 2.45) is 17.8 Å². The number of aromatic nitrogens is 1. The molecule has 2 saturated carbocycles. The molecule has 1 aromatic carbocycles. The van der Waals surface area contributed by atoms with E-state index in [1.807, 2.05) is 36.0 Å². The molecule has 3 heterocycles. The number of thiazole rings is 1. The van der Waals surface area contributed by atoms with Gasteiger partial charge in [-0.2, -0.15) is 0 Å². The van der Waals surface area contributed by atoms with Gasteiger partial charge in [0.05, 0.1) is 12.1 Å². The zero-order valence-electron chi connectivity index (χ0n) is 17.7. The van der Waals surface area contributed by atoms with Crippen molar-refractivity contribution >= 4 is 46.0 Å². The summed E-state index contributed by atoms with van der Waals surface area (Å²) in [5.74, 6) is 2.98. The van der Waals surface area contributed by atoms with Crippen molar-refractivity contribution in [3.63, 3.8) is 0 Å². The van der Waals surface area contributed by atoms with Crippen LogP contribution in [0.1, 0.15) is 34.9 Å². The molecule has 0 saturated heterocycles. The minimum atomic E-state index is -0.179. The standard InChI is InChI=1S/C24H24N2O3S3/c1-29-16-8-6-15(7-9-16)25-18(27)12-26-23-22(32-24(26)28)20(17-3-2-10-30-17)19-13-4-5-14(11-13)21(19)31-23/h2-3,6-10,13-14,19-21H,4-5,11-12H2,1H3,(H,25,27). The van der Waals surface area contributed by atoms with E-state index in [-0.39, 0.29) is 17.3 Å². The number of hydrogen-bond donors (Lipinski definition) is 1. The number of methoxy groups -OCH3 is 1. The monoisotopic (exact) mass is 484 g/mol. The van der Waals surface area contributed by atoms with Gasteiger partial charge in [0.15, 0.2) is 0 Å². The number of hydrogen-bond acceptors (Lipinski definition) is 6. The molecule has 0 radical (unpaired) electrons. The zero-order valence-corrected chi connectivity index (χ0v) is 20.1. The number of thiophene rings is 1. The Bertz CT molecular complexity index is 1200. The number of amides is 1. The van der Waals surface area contributed by atoms with Crippen LogP contribution in [0, 0.1) is 17.8 Å². The molecule has 3 aromatic rings. The number of ether oxygens (including phenoxy) is 1. The topological polar surface area (TPSA) is 60.3 Å². The number of nitrogens with one attached hydrogen (secondary N) is 1. The molecule has 6 rings (SSSR count). The van der Waals surface area contributed by atoms with E-state index < -0.39 is 0 Å². The normalized spacial score (nSPS) is 27.7. The number of carbonyl (C=O) groups excluding carboxylic acids is 1. The highest BCUT2D eigenvalue weighted by atomic mass is 32.2. The fraction of sp³-hybridized carbons (Fsp3) is 0.417. The van der Waals surface area contributed by atoms with Gasteiger partial charge in [0.1, 0.15) is 12.3 Å². The zero-order chi connectivity index (χ0) is 21.8. The quantitative estimate of drug-likeness (QED) is 0.536. The van der Waals surface area contributed by atoms with Crippen LogP contribution in [0.3, 0.4) is 0 Å². The summed E-state index contributed by atoms with van der Waals surface area (Å²) >= 11 is 5.02. The summed E-state index contributed by atoms with van der Waals surface area (Å²) in [7, 11) is 1.61. The lowest BCUT2D eigenvalue weighted by molar-refractivity contribution is -0.116. The fourth-order valence-electron chi connectivity index (χ4n) is 5.89. The summed E-state index contributed by atoms with van der Waals surface area (Å²) in [6, 6.07) is 11.6. The minimum absolute atomic E-state index is 0.0266. The molecule has 5 atom stereocenters. The van der Waals surface area contributed by atoms with Crippen molar-refractivity contribution in [2.45, 2.75) is 42.0 Å². The molecule has 2 fully saturated rings. The summed E-state index contributed by atoms with van der Waals surface area (Å²) in [6.45, 7) is 0.0480. The molecule has 1 aliphatic heterocycles. The van der Waals surface area contributed by atoms with Crippen molar-refractivity contribution < 1.29 is 9.53 Å². The summed E-state index contributed by atoms with van der Waals surface area (Å²) in [5, 5.41) is 6.64. The lowest BCUT2D eigenvalue weighted by atomic mass is 9.77. The van der Waals surface area contributed by atoms with E-state index in [9.17, 15) is 9.59 Å². The van der Waals surface area contributed by atoms with Crippen LogP contribution in [-0.4, -0.2) is 22.8 Å². The number of carbonyl (C=O) groups is 1. The van der Waals surface area contributed by atoms with Crippen LogP contribution in [-0.2, 0) is 11.3 Å². The Morgan fingerprint density at radius 1 is 1.19 bits per heavy atom. The van der Waals surface area contributed by atoms with Crippen LogP contribution in [0.4, 0.5) is 5.69 Å². The van der Waals surface area contributed by atoms with E-state index in [2.05, 4.69) is 22.8 Å². The van der Waals surface area contributed by atoms with Gasteiger partial charge in [0, 0.05) is 26.6 Å². The molecule has 0 spiro atoms. The Kier molecular flexibility index (Phi) is 5.19. The van der Waals surface area contributed by atoms with E-state index in [0.29, 0.717) is 22.8 Å². The Hall–Kier alpha value is -2.03. The third kappa shape index (κ3) is 3.35. The van der Waals surface area contributed by atoms with Crippen molar-refractivity contribution in [1.82, 2.24) is 4.57 Å². The largest absolute Gasteiger partial charge is 0.497 e. The van der Waals surface area contributed by atoms with E-state index >= 15 is 0 Å². The number of anilines is 1. The van der Waals surface area contributed by atoms with Crippen molar-refractivity contribution in [2.75, 3.05) is 12.4 Å². The van der Waals surface area contributed by atoms with Gasteiger partial charge in [0.25, 0.3) is 0 Å². The summed E-state index contributed by atoms with van der Waals surface area (Å²) < 4.78 is 6.89. The third-order valence-electron chi connectivity index (χ3n) is 7.22. The maximum absolute atomic E-state index is 13.1. The summed E-state index contributed by atoms with van der Waals surface area (Å²) in [5.41, 5.74) is 0.699. The highest BCUT2D eigenvalue weighted by Crippen LogP contribution is 2.64. The van der Waals surface area contributed by atoms with Crippen molar-refractivity contribution in [3.8, 4) is 5.75 Å². The van der Waals surface area contributed by atoms with Crippen LogP contribution < -0.4 is 14.9 Å². The maximum atomic E-state index is 13.1. The number of nitrogens with zero attached hydrogens (tertiary/aromatic N) is 1. The molecule has 1 N–H and O–H groups in total. The molecular weight excluding hydrogens is 460 g/mol. The summed E-state index contributed by atoms with van der Waals surface area (Å²) in [6.07, 6.45) is 3.95. The lowest BCUT2D eigenvalue weighted by Gasteiger charge is -2.40. The van der Waals surface area contributed by atoms with E-state index in [4.69, 9.17) is 4.74 Å². The van der Waals surface area contributed by atoms with Gasteiger partial charge in [-0.1, -0.05) is 17.4 Å². The highest BCUT2D eigenvalue weighted by molar-refractivity contribution is 8.00. The van der Waals surface area contributed by atoms with Gasteiger partial charge in [0.2, 0.25) is 5.91 Å². The second-order valence-corrected chi connectivity index (χ2v) is 12.0. The lowest BCUT2D eigenvalue weighted by Crippen LogP contribution is -2.34. The minimum Gasteiger partial charge on any atom is -0.497 e. The second-order valence-electron chi connectivity index (χ2n) is 8.89. The first-order chi connectivity index (χ1) is 15.6. The van der Waals surface area contributed by atoms with Gasteiger partial charge in [-0.05, 0) is 72.7 Å². The van der Waals surface area contributed by atoms with Gasteiger partial charge in [-0.3, -0.25) is 14.2 Å². The molecule has 5 unspecified atom stereocenters. The molecule has 2 bridgehead atoms. The molecule has 2 aliphatic carbocycles. The van der Waals surface area contributed by atoms with E-state index in [0.717, 1.165) is 22.6 Å². The average Bonchev–Trinajstić information content (AvgIpc) is 3.59. The first kappa shape index (κ1) is 20.6. The SMILES string of the molecule is COc1ccc(NC(=O)Cn2c3c(sc2=O)C(c2cccs2)C2C4CCC(C4)C2S3)cc1. The smallest absolute Gasteiger partial charge is 0.308 e. The molecule has 3 aliphatic rings. The Labute approximate surface area is 198 Å². The van der Waals surface area contributed by atoms with E-state index in [1.165, 1.54) is 40.4 Å². The third-order valence-corrected chi connectivity index (χ3v) is 11.0. The Morgan fingerprint density at radius 2 is 2.00 bits per heavy atom. The van der Waals surface area contributed by atoms with Crippen LogP contribution in [0.2, 0.25) is 0 Å². The average molecular weight is 485 g/mol. The molecule has 1 amide bonds. The number of fused-ring (bicyclic) bond motifs is 6. The van der Waals surface area contributed by atoms with Crippen LogP contribution in [0.25, 0.3) is 0 Å². The Balaban J connectivity index is 1.32. The van der Waals surface area contributed by atoms with E-state index in [1.54, 1.807) is 23.0 Å². The molecule has 32 heavy (non-hydrogen) atoms. The molecule has 5 nitrogen and oxygen atoms in total. The van der Waals surface area contributed by atoms with Gasteiger partial charge in [-0.15, -0.1) is 23.1 Å². The van der Waals surface area contributed by atoms with Crippen LogP contribution in [0.5, 0.6) is 5.75 Å². The van der Waals surface area contributed by atoms with Gasteiger partial charge in [-0.25, -0.2) is 0 Å². The number of thioether (sulfide) groups is 1. The summed E-state index contributed by atoms with van der Waals surface area (Å²) in [4.78, 5) is 28.4. The second kappa shape index (κ2) is 8.08. The Morgan fingerprint density at radius 3 is 2.75 bits per heavy atom. The number of rotatable bonds is 5. The molecule has 2 aromatic heterocycles. The first-order valence-electron chi connectivity index (χ1n) is 11.0. The predicted octanol–water partition coefficient (Wildman–Crippen LogP) is 5.27. The fourth-order valence-corrected chi connectivity index (χ4v) is 10.0. The maximum Gasteiger partial charge on any atom is 0.308 e. The molecule has 166 valence electrons. The van der Waals surface area contributed by atoms with Crippen molar-refractivity contribution in [1.29, 1.82) is 0 Å². The van der Waals surface area contributed by atoms with Crippen LogP contribution >= 0.6 is 34.4 Å². The number of benzene rings is 1. The predicted molar refractivity (Wildman–Crippen MR) is 130 cm³/mol. The molecule has 8 heteroatoms. The van der Waals surface area contributed by atoms with Gasteiger partial charge >= 0.3 is 4.87 Å². The van der Waals surface area contributed by atoms with Crippen molar-refractivity contribution in [3.05, 3.63) is 61.2 Å².